The molecule has 1 aromatic rings. The van der Waals surface area contributed by atoms with E-state index in [1.807, 2.05) is 0 Å². The van der Waals surface area contributed by atoms with Gasteiger partial charge in [-0.05, 0) is 38.5 Å². The molecular weight excluding hydrogens is 359 g/mol. The Morgan fingerprint density at radius 1 is 1.62 bits per heavy atom. The maximum absolute atomic E-state index is 12.5. The van der Waals surface area contributed by atoms with Gasteiger partial charge >= 0.3 is 0 Å². The van der Waals surface area contributed by atoms with E-state index in [0.29, 0.717) is 3.57 Å². The molecule has 0 aromatic carbocycles. The van der Waals surface area contributed by atoms with Gasteiger partial charge < -0.3 is 5.11 Å². The second-order valence-electron chi connectivity index (χ2n) is 2.24. The van der Waals surface area contributed by atoms with Gasteiger partial charge in [0.05, 0.1) is 12.3 Å². The van der Waals surface area contributed by atoms with Crippen LogP contribution in [0.15, 0.2) is 10.7 Å². The predicted octanol–water partition coefficient (Wildman–Crippen LogP) is 2.88. The molecule has 1 aromatic heterocycles. The molecule has 13 heavy (non-hydrogen) atoms. The molecule has 0 aliphatic heterocycles. The number of aliphatic hydroxyl groups is 1. The SMILES string of the molecule is OCc1ncc(Br)c(C(F)F)c1I. The number of aliphatic hydroxyl groups excluding tert-OH is 1. The Morgan fingerprint density at radius 3 is 2.69 bits per heavy atom. The number of aromatic nitrogens is 1. The zero-order valence-electron chi connectivity index (χ0n) is 6.27. The lowest BCUT2D eigenvalue weighted by atomic mass is 10.2. The van der Waals surface area contributed by atoms with E-state index in [2.05, 4.69) is 20.9 Å². The van der Waals surface area contributed by atoms with Crippen molar-refractivity contribution in [2.75, 3.05) is 0 Å². The molecule has 0 aliphatic carbocycles. The summed E-state index contributed by atoms with van der Waals surface area (Å²) in [5.74, 6) is 0. The zero-order chi connectivity index (χ0) is 10.0. The molecule has 72 valence electrons. The number of hydrogen-bond acceptors (Lipinski definition) is 2. The topological polar surface area (TPSA) is 33.1 Å². The highest BCUT2D eigenvalue weighted by Crippen LogP contribution is 2.32. The molecule has 0 atom stereocenters. The van der Waals surface area contributed by atoms with Gasteiger partial charge in [0.2, 0.25) is 0 Å². The average molecular weight is 364 g/mol. The Balaban J connectivity index is 3.30. The minimum Gasteiger partial charge on any atom is -0.390 e. The van der Waals surface area contributed by atoms with E-state index in [4.69, 9.17) is 5.11 Å². The standard InChI is InChI=1S/C7H5BrF2INO/c8-3-1-12-4(2-13)6(11)5(3)7(9)10/h1,7,13H,2H2. The van der Waals surface area contributed by atoms with Crippen LogP contribution in [0.3, 0.4) is 0 Å². The fraction of sp³-hybridized carbons (Fsp3) is 0.286. The van der Waals surface area contributed by atoms with Crippen LogP contribution in [0.25, 0.3) is 0 Å². The summed E-state index contributed by atoms with van der Waals surface area (Å²) in [7, 11) is 0. The lowest BCUT2D eigenvalue weighted by Crippen LogP contribution is -2.00. The predicted molar refractivity (Wildman–Crippen MR) is 55.5 cm³/mol. The normalized spacial score (nSPS) is 10.9. The Hall–Kier alpha value is 0.180. The van der Waals surface area contributed by atoms with E-state index < -0.39 is 6.43 Å². The first kappa shape index (κ1) is 11.3. The third kappa shape index (κ3) is 2.35. The van der Waals surface area contributed by atoms with E-state index in [0.717, 1.165) is 0 Å². The van der Waals surface area contributed by atoms with Crippen molar-refractivity contribution in [3.8, 4) is 0 Å². The van der Waals surface area contributed by atoms with Crippen molar-refractivity contribution in [3.05, 3.63) is 25.5 Å². The van der Waals surface area contributed by atoms with Crippen LogP contribution in [0, 0.1) is 3.57 Å². The van der Waals surface area contributed by atoms with E-state index >= 15 is 0 Å². The zero-order valence-corrected chi connectivity index (χ0v) is 10.0. The summed E-state index contributed by atoms with van der Waals surface area (Å²) in [6.45, 7) is -0.328. The van der Waals surface area contributed by atoms with E-state index in [1.165, 1.54) is 6.20 Å². The molecule has 0 spiro atoms. The number of rotatable bonds is 2. The Morgan fingerprint density at radius 2 is 2.23 bits per heavy atom. The van der Waals surface area contributed by atoms with Gasteiger partial charge in [-0.15, -0.1) is 0 Å². The number of alkyl halides is 2. The fourth-order valence-electron chi connectivity index (χ4n) is 0.831. The summed E-state index contributed by atoms with van der Waals surface area (Å²) in [6.07, 6.45) is -1.29. The highest BCUT2D eigenvalue weighted by molar-refractivity contribution is 14.1. The molecule has 6 heteroatoms. The number of halogens is 4. The van der Waals surface area contributed by atoms with Gasteiger partial charge in [0.25, 0.3) is 6.43 Å². The maximum atomic E-state index is 12.5. The maximum Gasteiger partial charge on any atom is 0.266 e. The Labute approximate surface area is 95.6 Å². The summed E-state index contributed by atoms with van der Waals surface area (Å²) < 4.78 is 25.5. The first-order chi connectivity index (χ1) is 6.07. The average Bonchev–Trinajstić information content (AvgIpc) is 2.04. The van der Waals surface area contributed by atoms with Crippen molar-refractivity contribution in [2.24, 2.45) is 0 Å². The van der Waals surface area contributed by atoms with Gasteiger partial charge in [0.15, 0.2) is 0 Å². The van der Waals surface area contributed by atoms with Gasteiger partial charge in [0.1, 0.15) is 0 Å². The van der Waals surface area contributed by atoms with Crippen molar-refractivity contribution < 1.29 is 13.9 Å². The third-order valence-electron chi connectivity index (χ3n) is 1.45. The summed E-state index contributed by atoms with van der Waals surface area (Å²) in [5, 5.41) is 8.79. The molecule has 0 unspecified atom stereocenters. The van der Waals surface area contributed by atoms with Crippen LogP contribution in [-0.4, -0.2) is 10.1 Å². The summed E-state index contributed by atoms with van der Waals surface area (Å²) in [5.41, 5.74) is 0.166. The van der Waals surface area contributed by atoms with E-state index in [1.54, 1.807) is 22.6 Å². The smallest absolute Gasteiger partial charge is 0.266 e. The highest BCUT2D eigenvalue weighted by atomic mass is 127. The lowest BCUT2D eigenvalue weighted by Gasteiger charge is -2.08. The second kappa shape index (κ2) is 4.61. The fourth-order valence-corrected chi connectivity index (χ4v) is 2.51. The van der Waals surface area contributed by atoms with Gasteiger partial charge in [-0.25, -0.2) is 8.78 Å². The molecule has 2 nitrogen and oxygen atoms in total. The van der Waals surface area contributed by atoms with Gasteiger partial charge in [-0.2, -0.15) is 0 Å². The molecule has 0 radical (unpaired) electrons. The van der Waals surface area contributed by atoms with Crippen LogP contribution in [0.2, 0.25) is 0 Å². The largest absolute Gasteiger partial charge is 0.390 e. The molecule has 0 fully saturated rings. The molecule has 0 saturated carbocycles. The first-order valence-corrected chi connectivity index (χ1v) is 5.17. The van der Waals surface area contributed by atoms with Crippen LogP contribution in [0.4, 0.5) is 8.78 Å². The van der Waals surface area contributed by atoms with Crippen LogP contribution in [0.5, 0.6) is 0 Å². The minimum atomic E-state index is -2.56. The summed E-state index contributed by atoms with van der Waals surface area (Å²) in [4.78, 5) is 3.80. The summed E-state index contributed by atoms with van der Waals surface area (Å²) >= 11 is 4.73. The first-order valence-electron chi connectivity index (χ1n) is 3.29. The number of nitrogens with zero attached hydrogens (tertiary/aromatic N) is 1. The molecule has 1 N–H and O–H groups in total. The lowest BCUT2D eigenvalue weighted by molar-refractivity contribution is 0.149. The van der Waals surface area contributed by atoms with Crippen molar-refractivity contribution in [2.45, 2.75) is 13.0 Å². The second-order valence-corrected chi connectivity index (χ2v) is 4.17. The Kier molecular flexibility index (Phi) is 3.99. The van der Waals surface area contributed by atoms with Crippen LogP contribution in [0.1, 0.15) is 17.7 Å². The molecule has 1 heterocycles. The molecule has 0 bridgehead atoms. The molecule has 0 aliphatic rings. The minimum absolute atomic E-state index is 0.111. The molecule has 0 amide bonds. The van der Waals surface area contributed by atoms with Gasteiger partial charge in [-0.1, -0.05) is 0 Å². The Bertz CT molecular complexity index is 322. The monoisotopic (exact) mass is 363 g/mol. The van der Waals surface area contributed by atoms with Crippen LogP contribution in [-0.2, 0) is 6.61 Å². The van der Waals surface area contributed by atoms with Gasteiger partial charge in [0, 0.05) is 19.8 Å². The number of hydrogen-bond donors (Lipinski definition) is 1. The summed E-state index contributed by atoms with van der Waals surface area (Å²) in [6, 6.07) is 0. The van der Waals surface area contributed by atoms with Gasteiger partial charge in [-0.3, -0.25) is 4.98 Å². The number of pyridine rings is 1. The highest BCUT2D eigenvalue weighted by Gasteiger charge is 2.18. The van der Waals surface area contributed by atoms with E-state index in [-0.39, 0.29) is 22.3 Å². The quantitative estimate of drug-likeness (QED) is 0.819. The third-order valence-corrected chi connectivity index (χ3v) is 3.28. The van der Waals surface area contributed by atoms with Crippen molar-refractivity contribution in [1.82, 2.24) is 4.98 Å². The van der Waals surface area contributed by atoms with E-state index in [9.17, 15) is 8.78 Å². The van der Waals surface area contributed by atoms with Crippen molar-refractivity contribution >= 4 is 38.5 Å². The molecule has 1 rings (SSSR count). The molecule has 0 saturated heterocycles. The molecular formula is C7H5BrF2INO. The van der Waals surface area contributed by atoms with Crippen molar-refractivity contribution in [3.63, 3.8) is 0 Å². The van der Waals surface area contributed by atoms with Crippen molar-refractivity contribution in [1.29, 1.82) is 0 Å². The van der Waals surface area contributed by atoms with Crippen LogP contribution < -0.4 is 0 Å². The van der Waals surface area contributed by atoms with Crippen LogP contribution >= 0.6 is 38.5 Å².